The largest absolute Gasteiger partial charge is 0.573 e. The molecule has 1 aromatic rings. The average molecular weight is 384 g/mol. The molecule has 27 heavy (non-hydrogen) atoms. The van der Waals surface area contributed by atoms with Crippen molar-refractivity contribution in [2.75, 3.05) is 13.2 Å². The molecule has 2 saturated carbocycles. The highest BCUT2D eigenvalue weighted by molar-refractivity contribution is 5.53. The third kappa shape index (κ3) is 6.36. The Labute approximate surface area is 158 Å². The highest BCUT2D eigenvalue weighted by Crippen LogP contribution is 2.40. The van der Waals surface area contributed by atoms with Crippen molar-refractivity contribution in [1.82, 2.24) is 0 Å². The third-order valence-electron chi connectivity index (χ3n) is 5.14. The van der Waals surface area contributed by atoms with Crippen LogP contribution in [0, 0.1) is 18.8 Å². The van der Waals surface area contributed by atoms with Crippen molar-refractivity contribution in [3.8, 4) is 17.2 Å². The number of rotatable bonds is 10. The summed E-state index contributed by atoms with van der Waals surface area (Å²) in [7, 11) is 0. The third-order valence-corrected chi connectivity index (χ3v) is 5.14. The minimum Gasteiger partial charge on any atom is -0.490 e. The first-order valence-electron chi connectivity index (χ1n) is 9.74. The van der Waals surface area contributed by atoms with Crippen LogP contribution in [0.3, 0.4) is 0 Å². The van der Waals surface area contributed by atoms with E-state index in [0.29, 0.717) is 30.4 Å². The minimum absolute atomic E-state index is 0.109. The molecule has 0 spiro atoms. The van der Waals surface area contributed by atoms with Crippen LogP contribution in [0.15, 0.2) is 24.3 Å². The van der Waals surface area contributed by atoms with E-state index in [9.17, 15) is 13.2 Å². The molecule has 0 aromatic heterocycles. The van der Waals surface area contributed by atoms with E-state index in [1.807, 2.05) is 6.08 Å². The highest BCUT2D eigenvalue weighted by atomic mass is 19.4. The second-order valence-corrected chi connectivity index (χ2v) is 7.43. The fraction of sp³-hybridized carbons (Fsp3) is 0.619. The summed E-state index contributed by atoms with van der Waals surface area (Å²) in [5, 5.41) is 0. The minimum atomic E-state index is -4.78. The predicted molar refractivity (Wildman–Crippen MR) is 97.3 cm³/mol. The van der Waals surface area contributed by atoms with Crippen LogP contribution in [0.5, 0.6) is 17.2 Å². The van der Waals surface area contributed by atoms with E-state index in [0.717, 1.165) is 18.8 Å². The number of benzene rings is 1. The van der Waals surface area contributed by atoms with Gasteiger partial charge in [-0.15, -0.1) is 13.2 Å². The van der Waals surface area contributed by atoms with Crippen molar-refractivity contribution in [2.45, 2.75) is 58.2 Å². The van der Waals surface area contributed by atoms with Gasteiger partial charge in [-0.25, -0.2) is 0 Å². The van der Waals surface area contributed by atoms with Crippen molar-refractivity contribution in [3.63, 3.8) is 0 Å². The number of allylic oxidation sites excluding steroid dienone is 1. The summed E-state index contributed by atoms with van der Waals surface area (Å²) in [6, 6.07) is 3.14. The molecule has 0 unspecified atom stereocenters. The van der Waals surface area contributed by atoms with Crippen LogP contribution in [-0.4, -0.2) is 19.6 Å². The van der Waals surface area contributed by atoms with E-state index in [1.54, 1.807) is 13.0 Å². The van der Waals surface area contributed by atoms with E-state index in [1.165, 1.54) is 38.2 Å². The number of hydrogen-bond acceptors (Lipinski definition) is 3. The van der Waals surface area contributed by atoms with Crippen LogP contribution in [0.2, 0.25) is 0 Å². The van der Waals surface area contributed by atoms with Gasteiger partial charge >= 0.3 is 6.36 Å². The molecule has 2 aliphatic rings. The topological polar surface area (TPSA) is 27.7 Å². The summed E-state index contributed by atoms with van der Waals surface area (Å²) < 4.78 is 54.0. The Bertz CT molecular complexity index is 647. The van der Waals surface area contributed by atoms with E-state index in [4.69, 9.17) is 9.47 Å². The van der Waals surface area contributed by atoms with Crippen molar-refractivity contribution in [2.24, 2.45) is 11.8 Å². The molecular formula is C21H27F3O3. The first kappa shape index (κ1) is 19.9. The van der Waals surface area contributed by atoms with Gasteiger partial charge < -0.3 is 14.2 Å². The van der Waals surface area contributed by atoms with Gasteiger partial charge in [0.1, 0.15) is 12.4 Å². The molecule has 2 fully saturated rings. The summed E-state index contributed by atoms with van der Waals surface area (Å²) in [4.78, 5) is 0. The molecule has 150 valence electrons. The maximum absolute atomic E-state index is 12.8. The van der Waals surface area contributed by atoms with Gasteiger partial charge in [0.05, 0.1) is 6.61 Å². The smallest absolute Gasteiger partial charge is 0.490 e. The van der Waals surface area contributed by atoms with E-state index < -0.39 is 6.36 Å². The molecule has 3 nitrogen and oxygen atoms in total. The van der Waals surface area contributed by atoms with Gasteiger partial charge in [0.2, 0.25) is 0 Å². The van der Waals surface area contributed by atoms with Gasteiger partial charge in [0, 0.05) is 5.56 Å². The average Bonchev–Trinajstić information content (AvgIpc) is 3.37. The molecule has 0 heterocycles. The summed E-state index contributed by atoms with van der Waals surface area (Å²) >= 11 is 0. The fourth-order valence-corrected chi connectivity index (χ4v) is 3.14. The molecule has 0 saturated heterocycles. The lowest BCUT2D eigenvalue weighted by molar-refractivity contribution is -0.275. The van der Waals surface area contributed by atoms with Gasteiger partial charge in [-0.1, -0.05) is 31.4 Å². The molecule has 0 radical (unpaired) electrons. The molecule has 0 aliphatic heterocycles. The lowest BCUT2D eigenvalue weighted by Crippen LogP contribution is -2.19. The highest BCUT2D eigenvalue weighted by Gasteiger charge is 2.34. The Balaban J connectivity index is 1.62. The quantitative estimate of drug-likeness (QED) is 0.355. The van der Waals surface area contributed by atoms with Gasteiger partial charge in [0.25, 0.3) is 0 Å². The zero-order valence-electron chi connectivity index (χ0n) is 15.7. The monoisotopic (exact) mass is 384 g/mol. The molecule has 0 atom stereocenters. The van der Waals surface area contributed by atoms with Gasteiger partial charge in [-0.3, -0.25) is 0 Å². The van der Waals surface area contributed by atoms with Crippen LogP contribution in [0.4, 0.5) is 13.2 Å². The summed E-state index contributed by atoms with van der Waals surface area (Å²) in [5.41, 5.74) is 0.295. The Kier molecular flexibility index (Phi) is 6.55. The molecule has 0 N–H and O–H groups in total. The Morgan fingerprint density at radius 1 is 1.07 bits per heavy atom. The Hall–Kier alpha value is -1.85. The molecule has 3 rings (SSSR count). The van der Waals surface area contributed by atoms with Crippen molar-refractivity contribution >= 4 is 0 Å². The maximum atomic E-state index is 12.8. The summed E-state index contributed by atoms with van der Waals surface area (Å²) in [5.74, 6) is 1.56. The zero-order valence-corrected chi connectivity index (χ0v) is 15.7. The van der Waals surface area contributed by atoms with Crippen LogP contribution in [-0.2, 0) is 0 Å². The second-order valence-electron chi connectivity index (χ2n) is 7.43. The fourth-order valence-electron chi connectivity index (χ4n) is 3.14. The zero-order chi connectivity index (χ0) is 19.3. The van der Waals surface area contributed by atoms with E-state index in [2.05, 4.69) is 10.8 Å². The Morgan fingerprint density at radius 2 is 1.81 bits per heavy atom. The van der Waals surface area contributed by atoms with Crippen LogP contribution in [0.25, 0.3) is 0 Å². The normalized spacial score (nSPS) is 17.8. The number of hydrogen-bond donors (Lipinski definition) is 0. The first-order valence-corrected chi connectivity index (χ1v) is 9.74. The number of alkyl halides is 3. The summed E-state index contributed by atoms with van der Waals surface area (Å²) in [6.07, 6.45) is 7.32. The molecule has 6 heteroatoms. The van der Waals surface area contributed by atoms with Crippen molar-refractivity contribution in [3.05, 3.63) is 29.8 Å². The van der Waals surface area contributed by atoms with Crippen molar-refractivity contribution in [1.29, 1.82) is 0 Å². The first-order chi connectivity index (χ1) is 12.9. The molecule has 2 aliphatic carbocycles. The van der Waals surface area contributed by atoms with Gasteiger partial charge in [-0.05, 0) is 56.6 Å². The van der Waals surface area contributed by atoms with Gasteiger partial charge in [0.15, 0.2) is 11.5 Å². The Morgan fingerprint density at radius 3 is 2.44 bits per heavy atom. The standard InChI is InChI=1S/C21H27F3O3/c1-15-18(25-13-3-7-16-5-2-6-16)11-12-19(20(15)27-21(22,23)24)26-14-4-8-17-9-10-17/h3,7,11-12,16-17H,2,4-6,8-10,13-14H2,1H3/b7-3+. The van der Waals surface area contributed by atoms with E-state index >= 15 is 0 Å². The van der Waals surface area contributed by atoms with Crippen LogP contribution >= 0.6 is 0 Å². The second kappa shape index (κ2) is 8.89. The van der Waals surface area contributed by atoms with Crippen molar-refractivity contribution < 1.29 is 27.4 Å². The molecule has 1 aromatic carbocycles. The predicted octanol–water partition coefficient (Wildman–Crippen LogP) is 6.20. The summed E-state index contributed by atoms with van der Waals surface area (Å²) in [6.45, 7) is 2.27. The molecular weight excluding hydrogens is 357 g/mol. The van der Waals surface area contributed by atoms with E-state index in [-0.39, 0.29) is 11.5 Å². The lowest BCUT2D eigenvalue weighted by Gasteiger charge is -2.21. The maximum Gasteiger partial charge on any atom is 0.573 e. The van der Waals surface area contributed by atoms with Gasteiger partial charge in [-0.2, -0.15) is 0 Å². The van der Waals surface area contributed by atoms with Crippen LogP contribution < -0.4 is 14.2 Å². The number of halogens is 3. The lowest BCUT2D eigenvalue weighted by atomic mass is 9.85. The number of ether oxygens (including phenoxy) is 3. The molecule has 0 bridgehead atoms. The SMILES string of the molecule is Cc1c(OC/C=C/C2CCC2)ccc(OCCCC2CC2)c1OC(F)(F)F. The molecule has 0 amide bonds. The van der Waals surface area contributed by atoms with Crippen LogP contribution in [0.1, 0.15) is 50.5 Å².